The summed E-state index contributed by atoms with van der Waals surface area (Å²) < 4.78 is 1.97. The largest absolute Gasteiger partial charge is 0.350 e. The minimum Gasteiger partial charge on any atom is -0.350 e. The maximum Gasteiger partial charge on any atom is 0.251 e. The summed E-state index contributed by atoms with van der Waals surface area (Å²) in [5.41, 5.74) is 9.82. The van der Waals surface area contributed by atoms with E-state index in [1.807, 2.05) is 56.6 Å². The smallest absolute Gasteiger partial charge is 0.251 e. The number of hydrogen-bond acceptors (Lipinski definition) is 3. The SMILES string of the molecule is CCC(N)(CC)CNC(=O)c1ccc(Cn2nc(C)cc2C)cc1.Cl. The molecule has 3 N–H and O–H groups in total. The lowest BCUT2D eigenvalue weighted by atomic mass is 9.94. The zero-order valence-electron chi connectivity index (χ0n) is 15.5. The minimum atomic E-state index is -0.328. The number of halogens is 1. The van der Waals surface area contributed by atoms with Crippen LogP contribution in [0.5, 0.6) is 0 Å². The number of hydrogen-bond donors (Lipinski definition) is 2. The van der Waals surface area contributed by atoms with Crippen LogP contribution in [0.4, 0.5) is 0 Å². The molecule has 6 heteroatoms. The van der Waals surface area contributed by atoms with Gasteiger partial charge in [0.15, 0.2) is 0 Å². The van der Waals surface area contributed by atoms with Gasteiger partial charge in [-0.15, -0.1) is 12.4 Å². The van der Waals surface area contributed by atoms with Crippen molar-refractivity contribution >= 4 is 18.3 Å². The van der Waals surface area contributed by atoms with E-state index in [0.29, 0.717) is 18.7 Å². The Morgan fingerprint density at radius 1 is 1.20 bits per heavy atom. The predicted molar refractivity (Wildman–Crippen MR) is 104 cm³/mol. The summed E-state index contributed by atoms with van der Waals surface area (Å²) in [4.78, 5) is 12.3. The molecular weight excluding hydrogens is 336 g/mol. The van der Waals surface area contributed by atoms with Gasteiger partial charge >= 0.3 is 0 Å². The molecule has 1 amide bonds. The molecule has 0 bridgehead atoms. The predicted octanol–water partition coefficient (Wildman–Crippen LogP) is 3.22. The van der Waals surface area contributed by atoms with Crippen LogP contribution in [0.2, 0.25) is 0 Å². The number of carbonyl (C=O) groups is 1. The molecule has 5 nitrogen and oxygen atoms in total. The van der Waals surface area contributed by atoms with Crippen molar-refractivity contribution in [3.63, 3.8) is 0 Å². The molecule has 25 heavy (non-hydrogen) atoms. The van der Waals surface area contributed by atoms with Crippen molar-refractivity contribution in [2.75, 3.05) is 6.54 Å². The molecule has 1 aromatic heterocycles. The van der Waals surface area contributed by atoms with Crippen LogP contribution >= 0.6 is 12.4 Å². The van der Waals surface area contributed by atoms with E-state index in [1.165, 1.54) is 0 Å². The number of nitrogens with zero attached hydrogens (tertiary/aromatic N) is 2. The third-order valence-electron chi connectivity index (χ3n) is 4.66. The Labute approximate surface area is 156 Å². The summed E-state index contributed by atoms with van der Waals surface area (Å²) in [6.07, 6.45) is 1.68. The maximum absolute atomic E-state index is 12.3. The van der Waals surface area contributed by atoms with Crippen molar-refractivity contribution in [1.82, 2.24) is 15.1 Å². The molecule has 0 radical (unpaired) electrons. The lowest BCUT2D eigenvalue weighted by Gasteiger charge is -2.26. The molecule has 0 aliphatic carbocycles. The van der Waals surface area contributed by atoms with Crippen LogP contribution in [-0.2, 0) is 6.54 Å². The fraction of sp³-hybridized carbons (Fsp3) is 0.474. The molecule has 1 heterocycles. The number of aromatic nitrogens is 2. The Morgan fingerprint density at radius 3 is 2.28 bits per heavy atom. The van der Waals surface area contributed by atoms with E-state index in [-0.39, 0.29) is 23.9 Å². The molecular formula is C19H29ClN4O. The third-order valence-corrected chi connectivity index (χ3v) is 4.66. The summed E-state index contributed by atoms with van der Waals surface area (Å²) in [6, 6.07) is 9.71. The van der Waals surface area contributed by atoms with Gasteiger partial charge in [-0.1, -0.05) is 26.0 Å². The van der Waals surface area contributed by atoms with Crippen molar-refractivity contribution in [2.24, 2.45) is 5.73 Å². The van der Waals surface area contributed by atoms with Gasteiger partial charge in [0.2, 0.25) is 0 Å². The van der Waals surface area contributed by atoms with E-state index in [1.54, 1.807) is 0 Å². The van der Waals surface area contributed by atoms with Gasteiger partial charge < -0.3 is 11.1 Å². The van der Waals surface area contributed by atoms with Crippen molar-refractivity contribution in [1.29, 1.82) is 0 Å². The van der Waals surface area contributed by atoms with Gasteiger partial charge in [0.25, 0.3) is 5.91 Å². The fourth-order valence-corrected chi connectivity index (χ4v) is 2.63. The first-order chi connectivity index (χ1) is 11.4. The Kier molecular flexibility index (Phi) is 7.64. The molecule has 1 aromatic carbocycles. The van der Waals surface area contributed by atoms with E-state index in [2.05, 4.69) is 16.5 Å². The van der Waals surface area contributed by atoms with Crippen LogP contribution in [0.15, 0.2) is 30.3 Å². The second-order valence-corrected chi connectivity index (χ2v) is 6.53. The normalized spacial score (nSPS) is 11.1. The quantitative estimate of drug-likeness (QED) is 0.792. The van der Waals surface area contributed by atoms with Gasteiger partial charge in [-0.25, -0.2) is 0 Å². The topological polar surface area (TPSA) is 72.9 Å². The Morgan fingerprint density at radius 2 is 1.80 bits per heavy atom. The van der Waals surface area contributed by atoms with E-state index in [0.717, 1.165) is 29.8 Å². The van der Waals surface area contributed by atoms with Crippen LogP contribution in [-0.4, -0.2) is 27.8 Å². The Balaban J connectivity index is 0.00000312. The number of rotatable bonds is 7. The van der Waals surface area contributed by atoms with Crippen molar-refractivity contribution in [3.05, 3.63) is 52.8 Å². The number of carbonyl (C=O) groups excluding carboxylic acids is 1. The molecule has 0 fully saturated rings. The minimum absolute atomic E-state index is 0. The van der Waals surface area contributed by atoms with Crippen LogP contribution in [0.25, 0.3) is 0 Å². The first-order valence-corrected chi connectivity index (χ1v) is 8.54. The highest BCUT2D eigenvalue weighted by atomic mass is 35.5. The molecule has 2 aromatic rings. The zero-order chi connectivity index (χ0) is 17.7. The first kappa shape index (κ1) is 21.2. The van der Waals surface area contributed by atoms with Gasteiger partial charge in [0.05, 0.1) is 12.2 Å². The van der Waals surface area contributed by atoms with Crippen molar-refractivity contribution in [3.8, 4) is 0 Å². The fourth-order valence-electron chi connectivity index (χ4n) is 2.63. The molecule has 0 aliphatic heterocycles. The standard InChI is InChI=1S/C19H28N4O.ClH/c1-5-19(20,6-2)13-21-18(24)17-9-7-16(8-10-17)12-23-15(4)11-14(3)22-23;/h7-11H,5-6,12-13,20H2,1-4H3,(H,21,24);1H. The molecule has 0 saturated heterocycles. The summed E-state index contributed by atoms with van der Waals surface area (Å²) >= 11 is 0. The van der Waals surface area contributed by atoms with Crippen molar-refractivity contribution < 1.29 is 4.79 Å². The molecule has 0 aliphatic rings. The van der Waals surface area contributed by atoms with E-state index in [4.69, 9.17) is 5.73 Å². The van der Waals surface area contributed by atoms with Gasteiger partial charge in [-0.2, -0.15) is 5.10 Å². The van der Waals surface area contributed by atoms with E-state index < -0.39 is 0 Å². The third kappa shape index (κ3) is 5.58. The highest BCUT2D eigenvalue weighted by Crippen LogP contribution is 2.11. The summed E-state index contributed by atoms with van der Waals surface area (Å²) in [7, 11) is 0. The highest BCUT2D eigenvalue weighted by Gasteiger charge is 2.21. The average Bonchev–Trinajstić information content (AvgIpc) is 2.90. The molecule has 2 rings (SSSR count). The first-order valence-electron chi connectivity index (χ1n) is 8.54. The van der Waals surface area contributed by atoms with E-state index in [9.17, 15) is 4.79 Å². The van der Waals surface area contributed by atoms with E-state index >= 15 is 0 Å². The zero-order valence-corrected chi connectivity index (χ0v) is 16.3. The maximum atomic E-state index is 12.3. The monoisotopic (exact) mass is 364 g/mol. The number of nitrogens with two attached hydrogens (primary N) is 1. The Bertz CT molecular complexity index is 690. The molecule has 0 spiro atoms. The lowest BCUT2D eigenvalue weighted by molar-refractivity contribution is 0.0942. The van der Waals surface area contributed by atoms with Gasteiger partial charge in [0.1, 0.15) is 0 Å². The number of nitrogens with one attached hydrogen (secondary N) is 1. The second kappa shape index (κ2) is 9.02. The summed E-state index contributed by atoms with van der Waals surface area (Å²) in [5, 5.41) is 7.40. The van der Waals surface area contributed by atoms with Gasteiger partial charge in [-0.3, -0.25) is 9.48 Å². The summed E-state index contributed by atoms with van der Waals surface area (Å²) in [6.45, 7) is 9.32. The average molecular weight is 365 g/mol. The van der Waals surface area contributed by atoms with Crippen LogP contribution < -0.4 is 11.1 Å². The molecule has 0 atom stereocenters. The number of benzene rings is 1. The van der Waals surface area contributed by atoms with Crippen LogP contribution in [0.3, 0.4) is 0 Å². The highest BCUT2D eigenvalue weighted by molar-refractivity contribution is 5.94. The second-order valence-electron chi connectivity index (χ2n) is 6.53. The number of amides is 1. The van der Waals surface area contributed by atoms with Gasteiger partial charge in [0, 0.05) is 23.3 Å². The Hall–Kier alpha value is -1.85. The molecule has 0 unspecified atom stereocenters. The number of aryl methyl sites for hydroxylation is 2. The molecule has 138 valence electrons. The van der Waals surface area contributed by atoms with Crippen LogP contribution in [0.1, 0.15) is 54.0 Å². The lowest BCUT2D eigenvalue weighted by Crippen LogP contribution is -2.49. The van der Waals surface area contributed by atoms with Crippen LogP contribution in [0, 0.1) is 13.8 Å². The summed E-state index contributed by atoms with van der Waals surface area (Å²) in [5.74, 6) is -0.0793. The van der Waals surface area contributed by atoms with Crippen molar-refractivity contribution in [2.45, 2.75) is 52.6 Å². The van der Waals surface area contributed by atoms with Gasteiger partial charge in [-0.05, 0) is 50.5 Å². The molecule has 0 saturated carbocycles.